The van der Waals surface area contributed by atoms with Crippen LogP contribution in [0.5, 0.6) is 0 Å². The van der Waals surface area contributed by atoms with Crippen LogP contribution in [0, 0.1) is 0 Å². The molecule has 0 aliphatic heterocycles. The highest BCUT2D eigenvalue weighted by molar-refractivity contribution is 7.07. The fourth-order valence-corrected chi connectivity index (χ4v) is 13.2. The molecule has 0 aliphatic rings. The lowest BCUT2D eigenvalue weighted by Crippen LogP contribution is -2.76. The van der Waals surface area contributed by atoms with Gasteiger partial charge in [0.15, 0.2) is 0 Å². The van der Waals surface area contributed by atoms with E-state index in [1.165, 1.54) is 0 Å². The van der Waals surface area contributed by atoms with Crippen molar-refractivity contribution in [1.82, 2.24) is 0 Å². The summed E-state index contributed by atoms with van der Waals surface area (Å²) in [5.41, 5.74) is 6.63. The molecular formula is C27H29NO2Si2. The van der Waals surface area contributed by atoms with E-state index in [2.05, 4.69) is 97.1 Å². The van der Waals surface area contributed by atoms with E-state index >= 15 is 0 Å². The van der Waals surface area contributed by atoms with Gasteiger partial charge in [-0.15, -0.1) is 0 Å². The van der Waals surface area contributed by atoms with E-state index in [9.17, 15) is 0 Å². The minimum absolute atomic E-state index is 0.419. The van der Waals surface area contributed by atoms with Crippen molar-refractivity contribution in [2.45, 2.75) is 6.92 Å². The molecule has 5 heteroatoms. The average molecular weight is 456 g/mol. The topological polar surface area (TPSA) is 44.5 Å². The summed E-state index contributed by atoms with van der Waals surface area (Å²) in [7, 11) is -5.93. The molecule has 0 aliphatic carbocycles. The third kappa shape index (κ3) is 4.26. The molecule has 0 heterocycles. The SMILES string of the molecule is CCO[Si](O[Si](CN)(c1ccccc1)c1ccccc1)(c1ccccc1)c1ccccc1. The number of rotatable bonds is 9. The Kier molecular flexibility index (Phi) is 7.14. The number of benzene rings is 4. The monoisotopic (exact) mass is 455 g/mol. The second kappa shape index (κ2) is 10.2. The van der Waals surface area contributed by atoms with Crippen molar-refractivity contribution in [3.63, 3.8) is 0 Å². The highest BCUT2D eigenvalue weighted by Crippen LogP contribution is 2.18. The van der Waals surface area contributed by atoms with Gasteiger partial charge in [0, 0.05) is 12.8 Å². The van der Waals surface area contributed by atoms with Gasteiger partial charge in [-0.3, -0.25) is 0 Å². The van der Waals surface area contributed by atoms with Crippen LogP contribution in [0.1, 0.15) is 6.92 Å². The highest BCUT2D eigenvalue weighted by Gasteiger charge is 2.51. The van der Waals surface area contributed by atoms with Crippen molar-refractivity contribution in [1.29, 1.82) is 0 Å². The molecule has 2 N–H and O–H groups in total. The summed E-state index contributed by atoms with van der Waals surface area (Å²) in [5, 5.41) is 4.48. The molecule has 0 aromatic heterocycles. The van der Waals surface area contributed by atoms with E-state index in [1.54, 1.807) is 0 Å². The van der Waals surface area contributed by atoms with E-state index in [0.717, 1.165) is 20.7 Å². The first-order valence-electron chi connectivity index (χ1n) is 11.0. The third-order valence-electron chi connectivity index (χ3n) is 5.74. The van der Waals surface area contributed by atoms with Crippen molar-refractivity contribution in [3.8, 4) is 0 Å². The Morgan fingerprint density at radius 3 is 1.22 bits per heavy atom. The summed E-state index contributed by atoms with van der Waals surface area (Å²) < 4.78 is 14.2. The van der Waals surface area contributed by atoms with Crippen LogP contribution in [0.4, 0.5) is 0 Å². The largest absolute Gasteiger partial charge is 0.421 e. The van der Waals surface area contributed by atoms with Gasteiger partial charge in [-0.05, 0) is 27.7 Å². The summed E-state index contributed by atoms with van der Waals surface area (Å²) in [6, 6.07) is 41.7. The Labute approximate surface area is 192 Å². The highest BCUT2D eigenvalue weighted by atomic mass is 28.4. The van der Waals surface area contributed by atoms with Crippen LogP contribution >= 0.6 is 0 Å². The Morgan fingerprint density at radius 2 is 0.906 bits per heavy atom. The van der Waals surface area contributed by atoms with Crippen LogP contribution < -0.4 is 26.5 Å². The first-order chi connectivity index (χ1) is 15.7. The molecule has 0 spiro atoms. The number of nitrogens with two attached hydrogens (primary N) is 1. The van der Waals surface area contributed by atoms with Crippen molar-refractivity contribution in [2.24, 2.45) is 5.73 Å². The lowest BCUT2D eigenvalue weighted by molar-refractivity contribution is 0.276. The predicted molar refractivity (Wildman–Crippen MR) is 138 cm³/mol. The standard InChI is InChI=1S/C27H29NO2Si2/c1-2-29-32(26-19-11-5-12-20-26,27-21-13-6-14-22-27)30-31(23-28,24-15-7-3-8-16-24)25-17-9-4-10-18-25/h3-22H,2,23,28H2,1H3. The van der Waals surface area contributed by atoms with E-state index in [4.69, 9.17) is 14.3 Å². The zero-order valence-corrected chi connectivity index (χ0v) is 20.4. The normalized spacial score (nSPS) is 11.9. The molecule has 4 rings (SSSR count). The fraction of sp³-hybridized carbons (Fsp3) is 0.111. The summed E-state index contributed by atoms with van der Waals surface area (Å²) in [5.74, 6) is 0. The Bertz CT molecular complexity index is 1010. The van der Waals surface area contributed by atoms with E-state index in [1.807, 2.05) is 31.2 Å². The second-order valence-electron chi connectivity index (χ2n) is 7.65. The fourth-order valence-electron chi connectivity index (χ4n) is 4.22. The summed E-state index contributed by atoms with van der Waals surface area (Å²) in [6.07, 6.45) is 0.419. The molecule has 0 radical (unpaired) electrons. The Hall–Kier alpha value is -2.81. The molecular weight excluding hydrogens is 426 g/mol. The van der Waals surface area contributed by atoms with E-state index < -0.39 is 16.9 Å². The summed E-state index contributed by atoms with van der Waals surface area (Å²) in [6.45, 7) is 2.59. The minimum Gasteiger partial charge on any atom is -0.421 e. The van der Waals surface area contributed by atoms with Crippen molar-refractivity contribution < 1.29 is 8.54 Å². The van der Waals surface area contributed by atoms with Gasteiger partial charge in [0.2, 0.25) is 0 Å². The third-order valence-corrected chi connectivity index (χ3v) is 14.3. The van der Waals surface area contributed by atoms with Gasteiger partial charge in [0.05, 0.1) is 0 Å². The molecule has 0 unspecified atom stereocenters. The Morgan fingerprint density at radius 1 is 0.562 bits per heavy atom. The quantitative estimate of drug-likeness (QED) is 0.395. The van der Waals surface area contributed by atoms with Crippen molar-refractivity contribution in [3.05, 3.63) is 121 Å². The maximum Gasteiger partial charge on any atom is 0.397 e. The van der Waals surface area contributed by atoms with E-state index in [-0.39, 0.29) is 0 Å². The predicted octanol–water partition coefficient (Wildman–Crippen LogP) is 2.55. The maximum atomic E-state index is 7.49. The first-order valence-corrected chi connectivity index (χ1v) is 14.9. The molecule has 32 heavy (non-hydrogen) atoms. The van der Waals surface area contributed by atoms with Gasteiger partial charge in [0.1, 0.15) is 0 Å². The smallest absolute Gasteiger partial charge is 0.397 e. The maximum absolute atomic E-state index is 7.49. The lowest BCUT2D eigenvalue weighted by Gasteiger charge is -2.41. The summed E-state index contributed by atoms with van der Waals surface area (Å²) >= 11 is 0. The molecule has 0 saturated heterocycles. The zero-order chi connectivity index (χ0) is 22.3. The minimum atomic E-state index is -3.09. The van der Waals surface area contributed by atoms with E-state index in [0.29, 0.717) is 12.8 Å². The van der Waals surface area contributed by atoms with Crippen LogP contribution in [0.15, 0.2) is 121 Å². The molecule has 4 aromatic carbocycles. The van der Waals surface area contributed by atoms with Gasteiger partial charge < -0.3 is 14.3 Å². The van der Waals surface area contributed by atoms with Gasteiger partial charge >= 0.3 is 8.56 Å². The molecule has 4 aromatic rings. The lowest BCUT2D eigenvalue weighted by atomic mass is 10.4. The molecule has 162 valence electrons. The van der Waals surface area contributed by atoms with Crippen LogP contribution in [0.3, 0.4) is 0 Å². The molecule has 0 saturated carbocycles. The summed E-state index contributed by atoms with van der Waals surface area (Å²) in [4.78, 5) is 0. The number of hydrogen-bond acceptors (Lipinski definition) is 3. The molecule has 0 bridgehead atoms. The van der Waals surface area contributed by atoms with Gasteiger partial charge in [0.25, 0.3) is 8.32 Å². The van der Waals surface area contributed by atoms with Crippen molar-refractivity contribution in [2.75, 3.05) is 12.8 Å². The molecule has 3 nitrogen and oxygen atoms in total. The second-order valence-corrected chi connectivity index (χ2v) is 14.4. The van der Waals surface area contributed by atoms with Crippen LogP contribution in [0.25, 0.3) is 0 Å². The number of hydrogen-bond donors (Lipinski definition) is 1. The van der Waals surface area contributed by atoms with Gasteiger partial charge in [-0.1, -0.05) is 121 Å². The van der Waals surface area contributed by atoms with Crippen molar-refractivity contribution >= 4 is 37.6 Å². The van der Waals surface area contributed by atoms with Crippen LogP contribution in [-0.4, -0.2) is 29.7 Å². The molecule has 0 amide bonds. The van der Waals surface area contributed by atoms with Gasteiger partial charge in [-0.2, -0.15) is 0 Å². The zero-order valence-electron chi connectivity index (χ0n) is 18.4. The Balaban J connectivity index is 1.99. The molecule has 0 fully saturated rings. The van der Waals surface area contributed by atoms with Crippen LogP contribution in [-0.2, 0) is 8.54 Å². The first kappa shape index (κ1) is 22.4. The van der Waals surface area contributed by atoms with Gasteiger partial charge in [-0.25, -0.2) is 0 Å². The van der Waals surface area contributed by atoms with Crippen LogP contribution in [0.2, 0.25) is 0 Å². The average Bonchev–Trinajstić information content (AvgIpc) is 2.89. The molecule has 0 atom stereocenters.